The highest BCUT2D eigenvalue weighted by atomic mass is 16.5. The highest BCUT2D eigenvalue weighted by Crippen LogP contribution is 2.21. The van der Waals surface area contributed by atoms with Gasteiger partial charge in [0.25, 0.3) is 0 Å². The normalized spacial score (nSPS) is 12.1. The summed E-state index contributed by atoms with van der Waals surface area (Å²) in [5, 5.41) is 10.1. The van der Waals surface area contributed by atoms with Crippen molar-refractivity contribution >= 4 is 12.0 Å². The molecular weight excluding hydrogens is 366 g/mol. The zero-order chi connectivity index (χ0) is 20.9. The van der Waals surface area contributed by atoms with Crippen molar-refractivity contribution in [1.29, 1.82) is 0 Å². The fourth-order valence-corrected chi connectivity index (χ4v) is 2.95. The van der Waals surface area contributed by atoms with Crippen molar-refractivity contribution in [3.63, 3.8) is 0 Å². The van der Waals surface area contributed by atoms with Gasteiger partial charge in [-0.05, 0) is 36.8 Å². The second-order valence-electron chi connectivity index (χ2n) is 7.01. The van der Waals surface area contributed by atoms with Gasteiger partial charge in [0.1, 0.15) is 5.75 Å². The second-order valence-corrected chi connectivity index (χ2v) is 7.01. The molecule has 0 amide bonds. The monoisotopic (exact) mass is 397 g/mol. The maximum Gasteiger partial charge on any atom is 0.337 e. The number of aliphatic hydroxyl groups is 1. The van der Waals surface area contributed by atoms with Gasteiger partial charge in [-0.3, -0.25) is 0 Å². The standard InChI is InChI=1S/C24H31NO4/c1-3-4-5-6-7-8-13-21(26)17-16-20-12-10-15-23(25-20)29-22-14-9-11-19(18-22)24(27)28-2/h9-12,14-18,21,26H,3-8,13H2,1-2H3/b17-16+. The third kappa shape index (κ3) is 8.48. The lowest BCUT2D eigenvalue weighted by atomic mass is 10.1. The van der Waals surface area contributed by atoms with Crippen LogP contribution in [0.15, 0.2) is 48.5 Å². The van der Waals surface area contributed by atoms with E-state index in [1.807, 2.05) is 12.1 Å². The second kappa shape index (κ2) is 12.7. The molecule has 0 saturated heterocycles. The molecule has 1 unspecified atom stereocenters. The number of carbonyl (C=O) groups is 1. The van der Waals surface area contributed by atoms with Gasteiger partial charge >= 0.3 is 5.97 Å². The molecule has 0 aliphatic carbocycles. The van der Waals surface area contributed by atoms with Crippen LogP contribution in [0.4, 0.5) is 0 Å². The number of aliphatic hydroxyl groups excluding tert-OH is 1. The largest absolute Gasteiger partial charge is 0.465 e. The molecule has 2 aromatic rings. The number of pyridine rings is 1. The Kier molecular flexibility index (Phi) is 9.93. The zero-order valence-corrected chi connectivity index (χ0v) is 17.3. The van der Waals surface area contributed by atoms with E-state index in [0.717, 1.165) is 19.3 Å². The van der Waals surface area contributed by atoms with Gasteiger partial charge in [0.2, 0.25) is 5.88 Å². The van der Waals surface area contributed by atoms with Crippen LogP contribution >= 0.6 is 0 Å². The lowest BCUT2D eigenvalue weighted by Crippen LogP contribution is -2.02. The first kappa shape index (κ1) is 22.6. The Hall–Kier alpha value is -2.66. The molecule has 2 rings (SSSR count). The molecule has 0 radical (unpaired) electrons. The van der Waals surface area contributed by atoms with Crippen molar-refractivity contribution in [2.45, 2.75) is 58.0 Å². The number of carbonyl (C=O) groups excluding carboxylic acids is 1. The molecule has 0 fully saturated rings. The minimum Gasteiger partial charge on any atom is -0.465 e. The number of aromatic nitrogens is 1. The maximum atomic E-state index is 11.6. The molecule has 0 spiro atoms. The summed E-state index contributed by atoms with van der Waals surface area (Å²) < 4.78 is 10.5. The smallest absolute Gasteiger partial charge is 0.337 e. The predicted molar refractivity (Wildman–Crippen MR) is 115 cm³/mol. The predicted octanol–water partition coefficient (Wildman–Crippen LogP) is 5.79. The fraction of sp³-hybridized carbons (Fsp3) is 0.417. The number of rotatable bonds is 12. The molecule has 156 valence electrons. The van der Waals surface area contributed by atoms with E-state index in [9.17, 15) is 9.90 Å². The van der Waals surface area contributed by atoms with E-state index >= 15 is 0 Å². The Balaban J connectivity index is 1.87. The molecule has 5 heteroatoms. The third-order valence-corrected chi connectivity index (χ3v) is 4.57. The maximum absolute atomic E-state index is 11.6. The van der Waals surface area contributed by atoms with E-state index < -0.39 is 12.1 Å². The van der Waals surface area contributed by atoms with E-state index in [2.05, 4.69) is 11.9 Å². The van der Waals surface area contributed by atoms with E-state index in [-0.39, 0.29) is 0 Å². The van der Waals surface area contributed by atoms with Crippen LogP contribution in [-0.2, 0) is 4.74 Å². The van der Waals surface area contributed by atoms with E-state index in [0.29, 0.717) is 22.9 Å². The Morgan fingerprint density at radius 3 is 2.66 bits per heavy atom. The summed E-state index contributed by atoms with van der Waals surface area (Å²) in [6, 6.07) is 12.2. The van der Waals surface area contributed by atoms with Crippen LogP contribution in [0.2, 0.25) is 0 Å². The van der Waals surface area contributed by atoms with Crippen molar-refractivity contribution in [2.75, 3.05) is 7.11 Å². The van der Waals surface area contributed by atoms with Gasteiger partial charge < -0.3 is 14.6 Å². The Morgan fingerprint density at radius 2 is 1.86 bits per heavy atom. The van der Waals surface area contributed by atoms with Crippen LogP contribution in [0.3, 0.4) is 0 Å². The summed E-state index contributed by atoms with van der Waals surface area (Å²) in [6.45, 7) is 2.21. The number of methoxy groups -OCH3 is 1. The van der Waals surface area contributed by atoms with Crippen molar-refractivity contribution in [2.24, 2.45) is 0 Å². The minimum absolute atomic E-state index is 0.416. The number of esters is 1. The van der Waals surface area contributed by atoms with Gasteiger partial charge in [0.05, 0.1) is 24.5 Å². The molecule has 29 heavy (non-hydrogen) atoms. The number of hydrogen-bond donors (Lipinski definition) is 1. The van der Waals surface area contributed by atoms with Crippen LogP contribution in [-0.4, -0.2) is 29.3 Å². The molecule has 1 atom stereocenters. The van der Waals surface area contributed by atoms with Crippen LogP contribution < -0.4 is 4.74 Å². The van der Waals surface area contributed by atoms with E-state index in [1.165, 1.54) is 32.8 Å². The summed E-state index contributed by atoms with van der Waals surface area (Å²) >= 11 is 0. The molecule has 0 aliphatic heterocycles. The van der Waals surface area contributed by atoms with Gasteiger partial charge in [-0.25, -0.2) is 9.78 Å². The van der Waals surface area contributed by atoms with Crippen molar-refractivity contribution < 1.29 is 19.4 Å². The Labute approximate surface area is 173 Å². The number of nitrogens with zero attached hydrogens (tertiary/aromatic N) is 1. The number of ether oxygens (including phenoxy) is 2. The lowest BCUT2D eigenvalue weighted by Gasteiger charge is -2.07. The fourth-order valence-electron chi connectivity index (χ4n) is 2.95. The van der Waals surface area contributed by atoms with Gasteiger partial charge in [-0.1, -0.05) is 63.7 Å². The molecular formula is C24H31NO4. The highest BCUT2D eigenvalue weighted by molar-refractivity contribution is 5.89. The van der Waals surface area contributed by atoms with Crippen LogP contribution in [0.1, 0.15) is 67.9 Å². The topological polar surface area (TPSA) is 68.7 Å². The molecule has 1 aromatic heterocycles. The van der Waals surface area contributed by atoms with Crippen LogP contribution in [0, 0.1) is 0 Å². The van der Waals surface area contributed by atoms with Crippen molar-refractivity contribution in [3.05, 3.63) is 59.8 Å². The molecule has 1 N–H and O–H groups in total. The summed E-state index contributed by atoms with van der Waals surface area (Å²) in [7, 11) is 1.34. The summed E-state index contributed by atoms with van der Waals surface area (Å²) in [4.78, 5) is 16.1. The van der Waals surface area contributed by atoms with Crippen LogP contribution in [0.5, 0.6) is 11.6 Å². The quantitative estimate of drug-likeness (QED) is 0.363. The summed E-state index contributed by atoms with van der Waals surface area (Å²) in [6.07, 6.45) is 11.1. The first-order chi connectivity index (χ1) is 14.1. The van der Waals surface area contributed by atoms with Gasteiger partial charge in [-0.15, -0.1) is 0 Å². The minimum atomic E-state index is -0.468. The molecule has 1 heterocycles. The Bertz CT molecular complexity index is 788. The highest BCUT2D eigenvalue weighted by Gasteiger charge is 2.07. The van der Waals surface area contributed by atoms with E-state index in [1.54, 1.807) is 42.5 Å². The first-order valence-electron chi connectivity index (χ1n) is 10.3. The third-order valence-electron chi connectivity index (χ3n) is 4.57. The van der Waals surface area contributed by atoms with E-state index in [4.69, 9.17) is 9.47 Å². The molecule has 5 nitrogen and oxygen atoms in total. The van der Waals surface area contributed by atoms with Gasteiger partial charge in [0.15, 0.2) is 0 Å². The SMILES string of the molecule is CCCCCCCCC(O)/C=C/c1cccc(Oc2cccc(C(=O)OC)c2)n1. The van der Waals surface area contributed by atoms with Gasteiger partial charge in [0, 0.05) is 6.07 Å². The zero-order valence-electron chi connectivity index (χ0n) is 17.3. The number of benzene rings is 1. The van der Waals surface area contributed by atoms with Gasteiger partial charge in [-0.2, -0.15) is 0 Å². The van der Waals surface area contributed by atoms with Crippen LogP contribution in [0.25, 0.3) is 6.08 Å². The summed E-state index contributed by atoms with van der Waals surface area (Å²) in [5.41, 5.74) is 1.12. The lowest BCUT2D eigenvalue weighted by molar-refractivity contribution is 0.0600. The first-order valence-corrected chi connectivity index (χ1v) is 10.3. The summed E-state index contributed by atoms with van der Waals surface area (Å²) in [5.74, 6) is 0.503. The average Bonchev–Trinajstić information content (AvgIpc) is 2.74. The molecule has 0 aliphatic rings. The average molecular weight is 398 g/mol. The number of unbranched alkanes of at least 4 members (excludes halogenated alkanes) is 5. The molecule has 0 saturated carbocycles. The number of hydrogen-bond acceptors (Lipinski definition) is 5. The molecule has 1 aromatic carbocycles. The van der Waals surface area contributed by atoms with Crippen molar-refractivity contribution in [3.8, 4) is 11.6 Å². The molecule has 0 bridgehead atoms. The van der Waals surface area contributed by atoms with Crippen molar-refractivity contribution in [1.82, 2.24) is 4.98 Å². The Morgan fingerprint density at radius 1 is 1.10 bits per heavy atom.